The highest BCUT2D eigenvalue weighted by atomic mass is 19.1. The van der Waals surface area contributed by atoms with Crippen molar-refractivity contribution in [3.63, 3.8) is 0 Å². The maximum atomic E-state index is 13.1. The van der Waals surface area contributed by atoms with Crippen LogP contribution in [0.3, 0.4) is 0 Å². The largest absolute Gasteiger partial charge is 0.389 e. The molecule has 0 unspecified atom stereocenters. The van der Waals surface area contributed by atoms with E-state index in [-0.39, 0.29) is 17.3 Å². The van der Waals surface area contributed by atoms with Crippen LogP contribution >= 0.6 is 0 Å². The minimum atomic E-state index is -0.771. The molecule has 1 saturated heterocycles. The van der Waals surface area contributed by atoms with Crippen molar-refractivity contribution in [3.8, 4) is 0 Å². The van der Waals surface area contributed by atoms with Gasteiger partial charge in [0, 0.05) is 25.0 Å². The number of likely N-dealkylation sites (tertiary alicyclic amines) is 1. The summed E-state index contributed by atoms with van der Waals surface area (Å²) in [4.78, 5) is 13.9. The van der Waals surface area contributed by atoms with Gasteiger partial charge in [0.2, 0.25) is 0 Å². The number of nitrogens with zero attached hydrogens (tertiary/aromatic N) is 1. The fourth-order valence-corrected chi connectivity index (χ4v) is 2.53. The lowest BCUT2D eigenvalue weighted by atomic mass is 9.71. The number of carbonyl (C=O) groups excluding carboxylic acids is 1. The van der Waals surface area contributed by atoms with E-state index >= 15 is 0 Å². The molecule has 1 heterocycles. The number of aliphatic hydroxyl groups is 1. The second-order valence-corrected chi connectivity index (χ2v) is 6.62. The van der Waals surface area contributed by atoms with Crippen molar-refractivity contribution >= 4 is 6.03 Å². The third kappa shape index (κ3) is 3.53. The molecule has 2 amide bonds. The van der Waals surface area contributed by atoms with Crippen LogP contribution in [0, 0.1) is 11.2 Å². The number of nitrogens with one attached hydrogen (secondary N) is 1. The Balaban J connectivity index is 1.93. The van der Waals surface area contributed by atoms with E-state index in [9.17, 15) is 14.3 Å². The maximum Gasteiger partial charge on any atom is 0.317 e. The van der Waals surface area contributed by atoms with E-state index in [2.05, 4.69) is 5.32 Å². The average Bonchev–Trinajstić information content (AvgIpc) is 2.39. The summed E-state index contributed by atoms with van der Waals surface area (Å²) in [6, 6.07) is 6.00. The quantitative estimate of drug-likeness (QED) is 0.880. The van der Waals surface area contributed by atoms with E-state index in [1.54, 1.807) is 17.0 Å². The molecule has 1 aromatic rings. The Morgan fingerprint density at radius 2 is 2.14 bits per heavy atom. The monoisotopic (exact) mass is 294 g/mol. The number of benzene rings is 1. The maximum absolute atomic E-state index is 13.1. The number of carbonyl (C=O) groups is 1. The average molecular weight is 294 g/mol. The third-order valence-corrected chi connectivity index (χ3v) is 4.53. The van der Waals surface area contributed by atoms with Crippen LogP contribution in [-0.2, 0) is 6.54 Å². The van der Waals surface area contributed by atoms with E-state index in [0.717, 1.165) is 5.56 Å². The highest BCUT2D eigenvalue weighted by molar-refractivity contribution is 5.74. The minimum absolute atomic E-state index is 0.178. The Bertz CT molecular complexity index is 529. The van der Waals surface area contributed by atoms with Crippen LogP contribution in [0.1, 0.15) is 32.8 Å². The zero-order valence-electron chi connectivity index (χ0n) is 12.8. The second kappa shape index (κ2) is 5.64. The number of rotatable bonds is 2. The molecule has 1 aliphatic heterocycles. The highest BCUT2D eigenvalue weighted by Gasteiger charge is 2.45. The summed E-state index contributed by atoms with van der Waals surface area (Å²) in [5.41, 5.74) is -0.403. The van der Waals surface area contributed by atoms with Gasteiger partial charge in [-0.25, -0.2) is 9.18 Å². The number of amides is 2. The minimum Gasteiger partial charge on any atom is -0.389 e. The molecule has 1 aliphatic rings. The fraction of sp³-hybridized carbons (Fsp3) is 0.562. The molecule has 0 spiro atoms. The lowest BCUT2D eigenvalue weighted by Gasteiger charge is -2.48. The van der Waals surface area contributed by atoms with Gasteiger partial charge in [-0.3, -0.25) is 0 Å². The van der Waals surface area contributed by atoms with Gasteiger partial charge in [-0.1, -0.05) is 26.0 Å². The zero-order chi connectivity index (χ0) is 15.7. The van der Waals surface area contributed by atoms with Crippen molar-refractivity contribution in [1.82, 2.24) is 10.2 Å². The molecule has 0 radical (unpaired) electrons. The van der Waals surface area contributed by atoms with Crippen LogP contribution in [0.15, 0.2) is 24.3 Å². The topological polar surface area (TPSA) is 52.6 Å². The SMILES string of the molecule is CC1(C)CN(C(=O)NCc2cccc(F)c2)CC[C@]1(C)O. The molecule has 0 saturated carbocycles. The molecular weight excluding hydrogens is 271 g/mol. The summed E-state index contributed by atoms with van der Waals surface area (Å²) in [6.07, 6.45) is 0.549. The molecule has 2 rings (SSSR count). The molecular formula is C16H23FN2O2. The summed E-state index contributed by atoms with van der Waals surface area (Å²) in [5.74, 6) is -0.308. The Hall–Kier alpha value is -1.62. The number of hydrogen-bond donors (Lipinski definition) is 2. The lowest BCUT2D eigenvalue weighted by Crippen LogP contribution is -2.58. The third-order valence-electron chi connectivity index (χ3n) is 4.53. The highest BCUT2D eigenvalue weighted by Crippen LogP contribution is 2.38. The van der Waals surface area contributed by atoms with E-state index in [1.165, 1.54) is 12.1 Å². The first kappa shape index (κ1) is 15.8. The molecule has 0 bridgehead atoms. The van der Waals surface area contributed by atoms with E-state index in [4.69, 9.17) is 0 Å². The van der Waals surface area contributed by atoms with E-state index < -0.39 is 5.60 Å². The lowest BCUT2D eigenvalue weighted by molar-refractivity contribution is -0.0954. The first-order valence-corrected chi connectivity index (χ1v) is 7.21. The number of hydrogen-bond acceptors (Lipinski definition) is 2. The van der Waals surface area contributed by atoms with E-state index in [0.29, 0.717) is 26.1 Å². The van der Waals surface area contributed by atoms with Gasteiger partial charge in [0.1, 0.15) is 5.82 Å². The number of urea groups is 1. The molecule has 116 valence electrons. The van der Waals surface area contributed by atoms with Gasteiger partial charge in [0.15, 0.2) is 0 Å². The molecule has 2 N–H and O–H groups in total. The van der Waals surface area contributed by atoms with Crippen molar-refractivity contribution in [2.45, 2.75) is 39.3 Å². The summed E-state index contributed by atoms with van der Waals surface area (Å²) in [5, 5.41) is 13.1. The van der Waals surface area contributed by atoms with Crippen LogP contribution in [0.2, 0.25) is 0 Å². The molecule has 5 heteroatoms. The van der Waals surface area contributed by atoms with Crippen LogP contribution < -0.4 is 5.32 Å². The Labute approximate surface area is 125 Å². The predicted molar refractivity (Wildman–Crippen MR) is 79.2 cm³/mol. The Morgan fingerprint density at radius 1 is 1.43 bits per heavy atom. The number of halogens is 1. The normalized spacial score (nSPS) is 24.7. The first-order chi connectivity index (χ1) is 9.71. The molecule has 1 atom stereocenters. The Kier molecular flexibility index (Phi) is 4.23. The molecule has 0 aromatic heterocycles. The van der Waals surface area contributed by atoms with Crippen molar-refractivity contribution < 1.29 is 14.3 Å². The van der Waals surface area contributed by atoms with Gasteiger partial charge in [-0.05, 0) is 31.0 Å². The standard InChI is InChI=1S/C16H23FN2O2/c1-15(2)11-19(8-7-16(15,3)21)14(20)18-10-12-5-4-6-13(17)9-12/h4-6,9,21H,7-8,10-11H2,1-3H3,(H,18,20)/t16-/m0/s1. The predicted octanol–water partition coefficient (Wildman–Crippen LogP) is 2.52. The zero-order valence-corrected chi connectivity index (χ0v) is 12.8. The summed E-state index contributed by atoms with van der Waals surface area (Å²) in [7, 11) is 0. The molecule has 0 aliphatic carbocycles. The van der Waals surface area contributed by atoms with Gasteiger partial charge in [0.05, 0.1) is 5.60 Å². The molecule has 21 heavy (non-hydrogen) atoms. The summed E-state index contributed by atoms with van der Waals surface area (Å²) < 4.78 is 13.1. The van der Waals surface area contributed by atoms with Crippen LogP contribution in [0.4, 0.5) is 9.18 Å². The molecule has 1 aromatic carbocycles. The van der Waals surface area contributed by atoms with Gasteiger partial charge in [-0.2, -0.15) is 0 Å². The van der Waals surface area contributed by atoms with Crippen molar-refractivity contribution in [1.29, 1.82) is 0 Å². The molecule has 1 fully saturated rings. The van der Waals surface area contributed by atoms with Crippen LogP contribution in [0.5, 0.6) is 0 Å². The van der Waals surface area contributed by atoms with Gasteiger partial charge < -0.3 is 15.3 Å². The second-order valence-electron chi connectivity index (χ2n) is 6.62. The van der Waals surface area contributed by atoms with Crippen molar-refractivity contribution in [2.24, 2.45) is 5.41 Å². The fourth-order valence-electron chi connectivity index (χ4n) is 2.53. The van der Waals surface area contributed by atoms with Gasteiger partial charge in [0.25, 0.3) is 0 Å². The van der Waals surface area contributed by atoms with Gasteiger partial charge in [-0.15, -0.1) is 0 Å². The van der Waals surface area contributed by atoms with E-state index in [1.807, 2.05) is 20.8 Å². The van der Waals surface area contributed by atoms with Crippen molar-refractivity contribution in [3.05, 3.63) is 35.6 Å². The first-order valence-electron chi connectivity index (χ1n) is 7.21. The molecule has 4 nitrogen and oxygen atoms in total. The van der Waals surface area contributed by atoms with Crippen molar-refractivity contribution in [2.75, 3.05) is 13.1 Å². The summed E-state index contributed by atoms with van der Waals surface area (Å²) >= 11 is 0. The number of piperidine rings is 1. The summed E-state index contributed by atoms with van der Waals surface area (Å²) in [6.45, 7) is 7.04. The smallest absolute Gasteiger partial charge is 0.317 e. The van der Waals surface area contributed by atoms with Crippen LogP contribution in [-0.4, -0.2) is 34.7 Å². The Morgan fingerprint density at radius 3 is 2.76 bits per heavy atom. The van der Waals surface area contributed by atoms with Crippen LogP contribution in [0.25, 0.3) is 0 Å². The van der Waals surface area contributed by atoms with Gasteiger partial charge >= 0.3 is 6.03 Å².